The highest BCUT2D eigenvalue weighted by molar-refractivity contribution is 6.00. The fourth-order valence-electron chi connectivity index (χ4n) is 3.32. The van der Waals surface area contributed by atoms with E-state index in [4.69, 9.17) is 0 Å². The number of carbonyl (C=O) groups excluding carboxylic acids is 1. The lowest BCUT2D eigenvalue weighted by molar-refractivity contribution is 0.0738. The summed E-state index contributed by atoms with van der Waals surface area (Å²) in [6.45, 7) is 8.27. The number of carbonyl (C=O) groups is 1. The molecule has 4 nitrogen and oxygen atoms in total. The van der Waals surface area contributed by atoms with E-state index in [0.717, 1.165) is 38.2 Å². The molecule has 3 rings (SSSR count). The first-order valence-corrected chi connectivity index (χ1v) is 7.91. The summed E-state index contributed by atoms with van der Waals surface area (Å²) in [5.41, 5.74) is 3.32. The van der Waals surface area contributed by atoms with Gasteiger partial charge in [-0.05, 0) is 51.1 Å². The average molecular weight is 287 g/mol. The van der Waals surface area contributed by atoms with Crippen molar-refractivity contribution in [3.8, 4) is 0 Å². The summed E-state index contributed by atoms with van der Waals surface area (Å²) in [7, 11) is 2.14. The molecule has 0 bridgehead atoms. The van der Waals surface area contributed by atoms with Crippen molar-refractivity contribution in [2.45, 2.75) is 32.4 Å². The van der Waals surface area contributed by atoms with Crippen molar-refractivity contribution in [2.24, 2.45) is 0 Å². The molecular weight excluding hydrogens is 262 g/mol. The zero-order valence-electron chi connectivity index (χ0n) is 13.2. The number of ketones is 1. The zero-order valence-corrected chi connectivity index (χ0v) is 13.2. The summed E-state index contributed by atoms with van der Waals surface area (Å²) >= 11 is 0. The van der Waals surface area contributed by atoms with Crippen LogP contribution in [0.1, 0.15) is 29.8 Å². The number of fused-ring (bicyclic) bond motifs is 1. The number of hydrogen-bond donors (Lipinski definition) is 1. The van der Waals surface area contributed by atoms with Crippen molar-refractivity contribution >= 4 is 11.5 Å². The van der Waals surface area contributed by atoms with E-state index < -0.39 is 0 Å². The minimum absolute atomic E-state index is 0.0245. The smallest absolute Gasteiger partial charge is 0.179 e. The topological polar surface area (TPSA) is 35.6 Å². The van der Waals surface area contributed by atoms with E-state index in [1.165, 1.54) is 11.3 Å². The second-order valence-corrected chi connectivity index (χ2v) is 6.50. The van der Waals surface area contributed by atoms with Gasteiger partial charge < -0.3 is 10.2 Å². The zero-order chi connectivity index (χ0) is 15.0. The summed E-state index contributed by atoms with van der Waals surface area (Å²) in [4.78, 5) is 17.3. The highest BCUT2D eigenvalue weighted by Gasteiger charge is 2.26. The van der Waals surface area contributed by atoms with Crippen LogP contribution in [0.5, 0.6) is 0 Å². The fraction of sp³-hybridized carbons (Fsp3) is 0.588. The third kappa shape index (κ3) is 2.97. The number of piperazine rings is 1. The Balaban J connectivity index is 1.72. The molecule has 1 aromatic carbocycles. The molecule has 0 aliphatic carbocycles. The van der Waals surface area contributed by atoms with E-state index in [-0.39, 0.29) is 11.8 Å². The Hall–Kier alpha value is -1.39. The molecule has 1 saturated heterocycles. The number of Topliss-reactive ketones (excluding diaryl/α,β-unsaturated/α-hetero) is 1. The molecule has 2 heterocycles. The van der Waals surface area contributed by atoms with Gasteiger partial charge in [0.1, 0.15) is 0 Å². The van der Waals surface area contributed by atoms with Crippen molar-refractivity contribution in [1.29, 1.82) is 0 Å². The molecular formula is C17H25N3O. The van der Waals surface area contributed by atoms with Gasteiger partial charge in [0.25, 0.3) is 0 Å². The predicted molar refractivity (Wildman–Crippen MR) is 86.1 cm³/mol. The van der Waals surface area contributed by atoms with Gasteiger partial charge in [-0.25, -0.2) is 0 Å². The largest absolute Gasteiger partial charge is 0.382 e. The minimum Gasteiger partial charge on any atom is -0.382 e. The summed E-state index contributed by atoms with van der Waals surface area (Å²) in [6, 6.07) is 6.56. The molecule has 2 atom stereocenters. The number of nitrogens with zero attached hydrogens (tertiary/aromatic N) is 2. The van der Waals surface area contributed by atoms with Crippen LogP contribution in [0, 0.1) is 0 Å². The standard InChI is InChI=1S/C17H25N3O/c1-12-10-15-11-14(4-5-16(15)18-12)17(21)13(2)20-8-6-19(3)7-9-20/h4-5,11-13,18H,6-10H2,1-3H3. The Morgan fingerprint density at radius 3 is 2.71 bits per heavy atom. The van der Waals surface area contributed by atoms with E-state index >= 15 is 0 Å². The Morgan fingerprint density at radius 1 is 1.29 bits per heavy atom. The van der Waals surface area contributed by atoms with Crippen molar-refractivity contribution in [1.82, 2.24) is 9.80 Å². The number of benzene rings is 1. The Kier molecular flexibility index (Phi) is 4.00. The fourth-order valence-corrected chi connectivity index (χ4v) is 3.32. The van der Waals surface area contributed by atoms with Gasteiger partial charge in [-0.3, -0.25) is 9.69 Å². The maximum Gasteiger partial charge on any atom is 0.179 e. The van der Waals surface area contributed by atoms with Crippen molar-refractivity contribution in [2.75, 3.05) is 38.5 Å². The first-order valence-electron chi connectivity index (χ1n) is 7.91. The van der Waals surface area contributed by atoms with Crippen LogP contribution in [0.25, 0.3) is 0 Å². The second kappa shape index (κ2) is 5.78. The van der Waals surface area contributed by atoms with Crippen molar-refractivity contribution < 1.29 is 4.79 Å². The average Bonchev–Trinajstić information content (AvgIpc) is 2.85. The molecule has 2 aliphatic rings. The van der Waals surface area contributed by atoms with E-state index in [1.54, 1.807) is 0 Å². The molecule has 1 aromatic rings. The van der Waals surface area contributed by atoms with Crippen molar-refractivity contribution in [3.63, 3.8) is 0 Å². The highest BCUT2D eigenvalue weighted by atomic mass is 16.1. The van der Waals surface area contributed by atoms with Gasteiger partial charge >= 0.3 is 0 Å². The van der Waals surface area contributed by atoms with Gasteiger partial charge in [0.05, 0.1) is 6.04 Å². The Labute approximate surface area is 127 Å². The van der Waals surface area contributed by atoms with Crippen LogP contribution in [0.15, 0.2) is 18.2 Å². The summed E-state index contributed by atoms with van der Waals surface area (Å²) < 4.78 is 0. The van der Waals surface area contributed by atoms with Crippen LogP contribution >= 0.6 is 0 Å². The number of likely N-dealkylation sites (N-methyl/N-ethyl adjacent to an activating group) is 1. The third-order valence-corrected chi connectivity index (χ3v) is 4.78. The Bertz CT molecular complexity index is 535. The van der Waals surface area contributed by atoms with E-state index in [9.17, 15) is 4.79 Å². The quantitative estimate of drug-likeness (QED) is 0.861. The van der Waals surface area contributed by atoms with E-state index in [0.29, 0.717) is 6.04 Å². The van der Waals surface area contributed by atoms with Crippen LogP contribution in [0.4, 0.5) is 5.69 Å². The molecule has 1 N–H and O–H groups in total. The van der Waals surface area contributed by atoms with Crippen molar-refractivity contribution in [3.05, 3.63) is 29.3 Å². The molecule has 0 aromatic heterocycles. The van der Waals surface area contributed by atoms with Gasteiger partial charge in [0, 0.05) is 43.5 Å². The van der Waals surface area contributed by atoms with E-state index in [2.05, 4.69) is 41.2 Å². The molecule has 2 aliphatic heterocycles. The maximum absolute atomic E-state index is 12.7. The maximum atomic E-state index is 12.7. The van der Waals surface area contributed by atoms with Gasteiger partial charge in [-0.15, -0.1) is 0 Å². The summed E-state index contributed by atoms with van der Waals surface area (Å²) in [6.07, 6.45) is 1.01. The lowest BCUT2D eigenvalue weighted by Gasteiger charge is -2.35. The summed E-state index contributed by atoms with van der Waals surface area (Å²) in [5, 5.41) is 3.43. The molecule has 21 heavy (non-hydrogen) atoms. The van der Waals surface area contributed by atoms with Crippen LogP contribution < -0.4 is 5.32 Å². The molecule has 0 saturated carbocycles. The van der Waals surface area contributed by atoms with Gasteiger partial charge in [-0.1, -0.05) is 0 Å². The SMILES string of the molecule is CC1Cc2cc(C(=O)C(C)N3CCN(C)CC3)ccc2N1. The van der Waals surface area contributed by atoms with Crippen LogP contribution in [0.3, 0.4) is 0 Å². The molecule has 4 heteroatoms. The second-order valence-electron chi connectivity index (χ2n) is 6.50. The van der Waals surface area contributed by atoms with Gasteiger partial charge in [0.2, 0.25) is 0 Å². The van der Waals surface area contributed by atoms with Crippen LogP contribution in [-0.4, -0.2) is 60.9 Å². The molecule has 2 unspecified atom stereocenters. The van der Waals surface area contributed by atoms with Crippen LogP contribution in [-0.2, 0) is 6.42 Å². The lowest BCUT2D eigenvalue weighted by atomic mass is 9.99. The lowest BCUT2D eigenvalue weighted by Crippen LogP contribution is -2.50. The minimum atomic E-state index is -0.0245. The van der Waals surface area contributed by atoms with Crippen LogP contribution in [0.2, 0.25) is 0 Å². The number of nitrogens with one attached hydrogen (secondary N) is 1. The number of hydrogen-bond acceptors (Lipinski definition) is 4. The highest BCUT2D eigenvalue weighted by Crippen LogP contribution is 2.27. The molecule has 0 amide bonds. The first kappa shape index (κ1) is 14.5. The first-order chi connectivity index (χ1) is 10.0. The van der Waals surface area contributed by atoms with Gasteiger partial charge in [0.15, 0.2) is 5.78 Å². The van der Waals surface area contributed by atoms with E-state index in [1.807, 2.05) is 13.0 Å². The normalized spacial score (nSPS) is 24.4. The summed E-state index contributed by atoms with van der Waals surface area (Å²) in [5.74, 6) is 0.252. The predicted octanol–water partition coefficient (Wildman–Crippen LogP) is 1.86. The van der Waals surface area contributed by atoms with Gasteiger partial charge in [-0.2, -0.15) is 0 Å². The number of anilines is 1. The monoisotopic (exact) mass is 287 g/mol. The number of rotatable bonds is 3. The Morgan fingerprint density at radius 2 is 2.00 bits per heavy atom. The molecule has 114 valence electrons. The third-order valence-electron chi connectivity index (χ3n) is 4.78. The molecule has 1 fully saturated rings. The molecule has 0 radical (unpaired) electrons. The molecule has 0 spiro atoms.